The molecule has 79 heavy (non-hydrogen) atoms. The van der Waals surface area contributed by atoms with Crippen molar-refractivity contribution in [1.29, 1.82) is 0 Å². The zero-order valence-electron chi connectivity index (χ0n) is 47.2. The molecule has 0 aromatic heterocycles. The quantitative estimate of drug-likeness (QED) is 0.0390. The van der Waals surface area contributed by atoms with Gasteiger partial charge in [-0.05, 0) is 50.9 Å². The number of hydrogen-bond acceptors (Lipinski definition) is 14. The molecular formula is C55H97N7O17. The van der Waals surface area contributed by atoms with Gasteiger partial charge in [0.15, 0.2) is 0 Å². The number of hydrogen-bond donors (Lipinski definition) is 10. The van der Waals surface area contributed by atoms with Crippen LogP contribution in [0.15, 0.2) is 0 Å². The largest absolute Gasteiger partial charge is 0.481 e. The molecule has 2 unspecified atom stereocenters. The summed E-state index contributed by atoms with van der Waals surface area (Å²) in [6.07, 6.45) is 21.6. The summed E-state index contributed by atoms with van der Waals surface area (Å²) in [4.78, 5) is 119. The first-order valence-electron chi connectivity index (χ1n) is 29.0. The summed E-state index contributed by atoms with van der Waals surface area (Å²) in [5.74, 6) is -5.97. The van der Waals surface area contributed by atoms with Crippen LogP contribution in [0.25, 0.3) is 0 Å². The van der Waals surface area contributed by atoms with Gasteiger partial charge in [-0.3, -0.25) is 43.2 Å². The van der Waals surface area contributed by atoms with E-state index in [9.17, 15) is 53.1 Å². The summed E-state index contributed by atoms with van der Waals surface area (Å²) in [6.45, 7) is 3.39. The number of carboxylic acid groups (broad SMARTS) is 3. The first kappa shape index (κ1) is 71.6. The fourth-order valence-corrected chi connectivity index (χ4v) is 8.64. The molecule has 7 amide bonds. The molecule has 0 radical (unpaired) electrons. The SMILES string of the molecule is CC(CC(=O)O)C(=O)NCCC(=O)NCCNC(=O)COCCOCCNC(=O)COCCOCCNC(=O)CCC(NC(=O)C1CCC(CNC(=O)CCCCCCCCCCCCCCCCCCC(=O)O)CC1)C(=O)O. The third kappa shape index (κ3) is 44.0. The average Bonchev–Trinajstić information content (AvgIpc) is 3.41. The molecular weight excluding hydrogens is 1030 g/mol. The molecule has 1 fully saturated rings. The molecule has 24 heteroatoms. The van der Waals surface area contributed by atoms with Crippen molar-refractivity contribution < 1.29 is 82.2 Å². The third-order valence-corrected chi connectivity index (χ3v) is 13.3. The van der Waals surface area contributed by atoms with Crippen LogP contribution in [-0.4, -0.2) is 173 Å². The van der Waals surface area contributed by atoms with Crippen LogP contribution in [-0.2, 0) is 66.9 Å². The van der Waals surface area contributed by atoms with Crippen LogP contribution in [0.5, 0.6) is 0 Å². The number of rotatable bonds is 52. The van der Waals surface area contributed by atoms with Crippen LogP contribution >= 0.6 is 0 Å². The van der Waals surface area contributed by atoms with Gasteiger partial charge in [0.25, 0.3) is 0 Å². The molecule has 1 aliphatic rings. The van der Waals surface area contributed by atoms with E-state index < -0.39 is 41.7 Å². The highest BCUT2D eigenvalue weighted by Gasteiger charge is 2.30. The third-order valence-electron chi connectivity index (χ3n) is 13.3. The molecule has 0 bridgehead atoms. The molecule has 0 spiro atoms. The molecule has 2 atom stereocenters. The Bertz CT molecular complexity index is 1750. The van der Waals surface area contributed by atoms with Crippen LogP contribution in [0.4, 0.5) is 0 Å². The standard InChI is InChI=1S/C55H97N7O17/c1-42(38-52(70)71)53(72)60-27-26-48(65)56-28-29-57-49(66)40-78-36-35-77-33-31-59-50(67)41-79-37-34-76-32-30-58-47(64)25-24-45(55(74)75)62-54(73)44-22-20-43(21-23-44)39-61-46(63)18-16-14-12-10-8-6-4-2-3-5-7-9-11-13-15-17-19-51(68)69/h42-45H,2-41H2,1H3,(H,56,65)(H,57,66)(H,58,64)(H,59,67)(H,60,72)(H,61,63)(H,62,73)(H,68,69)(H,70,71)(H,74,75). The molecule has 1 saturated carbocycles. The van der Waals surface area contributed by atoms with Crippen LogP contribution < -0.4 is 37.2 Å². The Hall–Kier alpha value is -5.46. The molecule has 0 saturated heterocycles. The Morgan fingerprint density at radius 2 is 0.861 bits per heavy atom. The molecule has 10 N–H and O–H groups in total. The van der Waals surface area contributed by atoms with E-state index in [1.165, 1.54) is 71.1 Å². The monoisotopic (exact) mass is 1130 g/mol. The molecule has 1 rings (SSSR count). The topological polar surface area (TPSA) is 353 Å². The van der Waals surface area contributed by atoms with Crippen LogP contribution in [0.2, 0.25) is 0 Å². The van der Waals surface area contributed by atoms with Crippen molar-refractivity contribution >= 4 is 59.3 Å². The number of carbonyl (C=O) groups excluding carboxylic acids is 7. The summed E-state index contributed by atoms with van der Waals surface area (Å²) in [5.41, 5.74) is 0. The second-order valence-corrected chi connectivity index (χ2v) is 20.3. The number of nitrogens with one attached hydrogen (secondary N) is 7. The first-order chi connectivity index (χ1) is 38.1. The van der Waals surface area contributed by atoms with Gasteiger partial charge in [0.1, 0.15) is 19.3 Å². The number of carbonyl (C=O) groups is 10. The minimum Gasteiger partial charge on any atom is -0.481 e. The number of amides is 7. The van der Waals surface area contributed by atoms with Gasteiger partial charge < -0.3 is 71.5 Å². The average molecular weight is 1130 g/mol. The highest BCUT2D eigenvalue weighted by Crippen LogP contribution is 2.29. The van der Waals surface area contributed by atoms with Crippen LogP contribution in [0.1, 0.15) is 174 Å². The maximum atomic E-state index is 13.0. The van der Waals surface area contributed by atoms with E-state index in [0.29, 0.717) is 25.8 Å². The smallest absolute Gasteiger partial charge is 0.326 e. The van der Waals surface area contributed by atoms with Crippen molar-refractivity contribution in [1.82, 2.24) is 37.2 Å². The number of aliphatic carboxylic acids is 3. The van der Waals surface area contributed by atoms with Gasteiger partial charge in [0, 0.05) is 76.8 Å². The molecule has 0 aromatic carbocycles. The number of unbranched alkanes of at least 4 members (excludes halogenated alkanes) is 15. The van der Waals surface area contributed by atoms with Crippen molar-refractivity contribution in [2.75, 3.05) is 92.1 Å². The Balaban J connectivity index is 1.97. The fourth-order valence-electron chi connectivity index (χ4n) is 8.64. The van der Waals surface area contributed by atoms with Crippen molar-refractivity contribution in [3.05, 3.63) is 0 Å². The Morgan fingerprint density at radius 3 is 1.35 bits per heavy atom. The lowest BCUT2D eigenvalue weighted by atomic mass is 9.81. The summed E-state index contributed by atoms with van der Waals surface area (Å²) >= 11 is 0. The Labute approximate surface area is 467 Å². The lowest BCUT2D eigenvalue weighted by Gasteiger charge is -2.28. The van der Waals surface area contributed by atoms with Gasteiger partial charge in [-0.2, -0.15) is 0 Å². The summed E-state index contributed by atoms with van der Waals surface area (Å²) < 4.78 is 21.3. The molecule has 24 nitrogen and oxygen atoms in total. The lowest BCUT2D eigenvalue weighted by molar-refractivity contribution is -0.143. The van der Waals surface area contributed by atoms with E-state index in [0.717, 1.165) is 51.4 Å². The second-order valence-electron chi connectivity index (χ2n) is 20.3. The highest BCUT2D eigenvalue weighted by molar-refractivity contribution is 5.86. The number of ether oxygens (including phenoxy) is 4. The van der Waals surface area contributed by atoms with Crippen LogP contribution in [0, 0.1) is 17.8 Å². The summed E-state index contributed by atoms with van der Waals surface area (Å²) in [5, 5.41) is 45.8. The van der Waals surface area contributed by atoms with E-state index >= 15 is 0 Å². The van der Waals surface area contributed by atoms with Crippen molar-refractivity contribution in [2.45, 2.75) is 180 Å². The van der Waals surface area contributed by atoms with Crippen molar-refractivity contribution in [3.8, 4) is 0 Å². The minimum atomic E-state index is -1.22. The van der Waals surface area contributed by atoms with E-state index in [2.05, 4.69) is 37.2 Å². The second kappa shape index (κ2) is 48.4. The van der Waals surface area contributed by atoms with Gasteiger partial charge in [-0.1, -0.05) is 96.8 Å². The first-order valence-corrected chi connectivity index (χ1v) is 29.0. The van der Waals surface area contributed by atoms with Crippen molar-refractivity contribution in [3.63, 3.8) is 0 Å². The normalized spacial score (nSPS) is 14.7. The predicted octanol–water partition coefficient (Wildman–Crippen LogP) is 3.51. The molecule has 0 heterocycles. The van der Waals surface area contributed by atoms with Gasteiger partial charge in [-0.15, -0.1) is 0 Å². The van der Waals surface area contributed by atoms with Crippen LogP contribution in [0.3, 0.4) is 0 Å². The number of carboxylic acids is 3. The van der Waals surface area contributed by atoms with E-state index in [-0.39, 0.29) is 159 Å². The van der Waals surface area contributed by atoms with Gasteiger partial charge in [0.05, 0.1) is 46.1 Å². The zero-order valence-corrected chi connectivity index (χ0v) is 47.2. The maximum Gasteiger partial charge on any atom is 0.326 e. The van der Waals surface area contributed by atoms with E-state index in [1.54, 1.807) is 0 Å². The molecule has 0 aliphatic heterocycles. The van der Waals surface area contributed by atoms with Crippen molar-refractivity contribution in [2.24, 2.45) is 17.8 Å². The van der Waals surface area contributed by atoms with Gasteiger partial charge in [0.2, 0.25) is 41.4 Å². The highest BCUT2D eigenvalue weighted by atomic mass is 16.5. The molecule has 0 aromatic rings. The van der Waals surface area contributed by atoms with Gasteiger partial charge in [-0.25, -0.2) is 4.79 Å². The van der Waals surface area contributed by atoms with Gasteiger partial charge >= 0.3 is 17.9 Å². The Morgan fingerprint density at radius 1 is 0.430 bits per heavy atom. The summed E-state index contributed by atoms with van der Waals surface area (Å²) in [6, 6.07) is -1.20. The molecule has 454 valence electrons. The fraction of sp³-hybridized carbons (Fsp3) is 0.818. The summed E-state index contributed by atoms with van der Waals surface area (Å²) in [7, 11) is 0. The Kier molecular flexibility index (Phi) is 43.9. The molecule has 1 aliphatic carbocycles. The maximum absolute atomic E-state index is 13.0. The van der Waals surface area contributed by atoms with E-state index in [4.69, 9.17) is 29.2 Å². The predicted molar refractivity (Wildman–Crippen MR) is 292 cm³/mol. The lowest BCUT2D eigenvalue weighted by Crippen LogP contribution is -2.45. The minimum absolute atomic E-state index is 0.00133. The van der Waals surface area contributed by atoms with E-state index in [1.807, 2.05) is 0 Å². The zero-order chi connectivity index (χ0) is 58.1.